The molecule has 150 valence electrons. The number of imide groups is 2. The average Bonchev–Trinajstić information content (AvgIpc) is 2.73. The standard InChI is InChI=1S/C19H14N6O5/c20-10-11-6-8-12(9-7-11)21-18(29)24-23-16(27)14-15(26)22-19(30)25(17(14)28)13-4-2-1-3-5-13/h1-9,14H,(H,23,27)(H2,21,24,29)(H,22,26,30). The molecule has 2 aromatic carbocycles. The Labute approximate surface area is 169 Å². The molecule has 0 aromatic heterocycles. The van der Waals surface area contributed by atoms with E-state index >= 15 is 0 Å². The molecule has 0 saturated carbocycles. The van der Waals surface area contributed by atoms with E-state index in [2.05, 4.69) is 5.32 Å². The number of benzene rings is 2. The van der Waals surface area contributed by atoms with Crippen molar-refractivity contribution in [2.45, 2.75) is 0 Å². The fraction of sp³-hybridized carbons (Fsp3) is 0.0526. The van der Waals surface area contributed by atoms with E-state index in [0.29, 0.717) is 16.2 Å². The van der Waals surface area contributed by atoms with Crippen LogP contribution in [0.2, 0.25) is 0 Å². The molecule has 0 aliphatic carbocycles. The van der Waals surface area contributed by atoms with Crippen molar-refractivity contribution in [3.05, 3.63) is 60.2 Å². The first-order valence-electron chi connectivity index (χ1n) is 8.51. The minimum atomic E-state index is -1.88. The summed E-state index contributed by atoms with van der Waals surface area (Å²) in [5.74, 6) is -5.16. The van der Waals surface area contributed by atoms with Gasteiger partial charge in [0.1, 0.15) is 0 Å². The molecule has 11 nitrogen and oxygen atoms in total. The molecule has 1 saturated heterocycles. The molecule has 11 heteroatoms. The van der Waals surface area contributed by atoms with Crippen molar-refractivity contribution in [3.8, 4) is 6.07 Å². The maximum atomic E-state index is 12.6. The highest BCUT2D eigenvalue weighted by molar-refractivity contribution is 6.34. The SMILES string of the molecule is N#Cc1ccc(NC(=O)NNC(=O)C2C(=O)NC(=O)N(c3ccccc3)C2=O)cc1. The number of nitrogens with zero attached hydrogens (tertiary/aromatic N) is 2. The maximum Gasteiger partial charge on any atom is 0.337 e. The number of nitrogens with one attached hydrogen (secondary N) is 4. The summed E-state index contributed by atoms with van der Waals surface area (Å²) in [5.41, 5.74) is 4.90. The van der Waals surface area contributed by atoms with E-state index in [0.717, 1.165) is 0 Å². The van der Waals surface area contributed by atoms with Crippen molar-refractivity contribution in [2.24, 2.45) is 5.92 Å². The van der Waals surface area contributed by atoms with Gasteiger partial charge < -0.3 is 5.32 Å². The van der Waals surface area contributed by atoms with E-state index < -0.39 is 35.7 Å². The average molecular weight is 406 g/mol. The zero-order valence-electron chi connectivity index (χ0n) is 15.2. The fourth-order valence-corrected chi connectivity index (χ4v) is 2.61. The van der Waals surface area contributed by atoms with Crippen LogP contribution in [0, 0.1) is 17.2 Å². The molecule has 2 aromatic rings. The number of barbiturate groups is 1. The predicted molar refractivity (Wildman–Crippen MR) is 102 cm³/mol. The number of para-hydroxylation sites is 1. The summed E-state index contributed by atoms with van der Waals surface area (Å²) < 4.78 is 0. The summed E-state index contributed by atoms with van der Waals surface area (Å²) in [6.07, 6.45) is 0. The molecule has 0 radical (unpaired) electrons. The fourth-order valence-electron chi connectivity index (χ4n) is 2.61. The lowest BCUT2D eigenvalue weighted by molar-refractivity contribution is -0.142. The second-order valence-electron chi connectivity index (χ2n) is 5.99. The number of nitriles is 1. The molecule has 4 N–H and O–H groups in total. The molecule has 1 fully saturated rings. The first kappa shape index (κ1) is 20.0. The third kappa shape index (κ3) is 4.23. The molecule has 1 unspecified atom stereocenters. The van der Waals surface area contributed by atoms with Crippen LogP contribution in [0.1, 0.15) is 5.56 Å². The molecule has 1 aliphatic rings. The first-order chi connectivity index (χ1) is 14.4. The van der Waals surface area contributed by atoms with Crippen LogP contribution in [-0.4, -0.2) is 29.8 Å². The minimum Gasteiger partial charge on any atom is -0.307 e. The molecule has 30 heavy (non-hydrogen) atoms. The van der Waals surface area contributed by atoms with E-state index in [9.17, 15) is 24.0 Å². The van der Waals surface area contributed by atoms with Crippen molar-refractivity contribution in [2.75, 3.05) is 10.2 Å². The van der Waals surface area contributed by atoms with Crippen molar-refractivity contribution < 1.29 is 24.0 Å². The lowest BCUT2D eigenvalue weighted by atomic mass is 10.0. The minimum absolute atomic E-state index is 0.178. The first-order valence-corrected chi connectivity index (χ1v) is 8.51. The summed E-state index contributed by atoms with van der Waals surface area (Å²) in [4.78, 5) is 61.6. The topological polar surface area (TPSA) is 160 Å². The monoisotopic (exact) mass is 406 g/mol. The van der Waals surface area contributed by atoms with Gasteiger partial charge in [0.2, 0.25) is 5.91 Å². The van der Waals surface area contributed by atoms with Crippen LogP contribution in [0.4, 0.5) is 21.0 Å². The van der Waals surface area contributed by atoms with Crippen LogP contribution < -0.4 is 26.4 Å². The molecule has 0 bridgehead atoms. The Balaban J connectivity index is 1.64. The number of urea groups is 2. The van der Waals surface area contributed by atoms with Crippen molar-refractivity contribution in [3.63, 3.8) is 0 Å². The Bertz CT molecular complexity index is 1060. The van der Waals surface area contributed by atoms with Gasteiger partial charge >= 0.3 is 12.1 Å². The Kier molecular flexibility index (Phi) is 5.69. The molecular weight excluding hydrogens is 392 g/mol. The summed E-state index contributed by atoms with van der Waals surface area (Å²) in [6.45, 7) is 0. The second-order valence-corrected chi connectivity index (χ2v) is 5.99. The molecule has 1 heterocycles. The van der Waals surface area contributed by atoms with Crippen molar-refractivity contribution in [1.82, 2.24) is 16.2 Å². The molecule has 0 spiro atoms. The maximum absolute atomic E-state index is 12.6. The van der Waals surface area contributed by atoms with E-state index in [1.54, 1.807) is 18.2 Å². The van der Waals surface area contributed by atoms with Crippen LogP contribution in [0.3, 0.4) is 0 Å². The van der Waals surface area contributed by atoms with Crippen molar-refractivity contribution >= 4 is 41.2 Å². The van der Waals surface area contributed by atoms with Crippen LogP contribution in [0.5, 0.6) is 0 Å². The third-order valence-corrected chi connectivity index (χ3v) is 4.01. The number of anilines is 2. The Morgan fingerprint density at radius 3 is 2.27 bits per heavy atom. The zero-order valence-corrected chi connectivity index (χ0v) is 15.2. The molecule has 1 aliphatic heterocycles. The number of carbonyl (C=O) groups excluding carboxylic acids is 5. The van der Waals surface area contributed by atoms with E-state index in [-0.39, 0.29) is 5.69 Å². The normalized spacial score (nSPS) is 15.6. The number of hydrogen-bond acceptors (Lipinski definition) is 6. The van der Waals surface area contributed by atoms with Gasteiger partial charge in [-0.1, -0.05) is 18.2 Å². The number of carbonyl (C=O) groups is 5. The van der Waals surface area contributed by atoms with Gasteiger partial charge in [0.05, 0.1) is 17.3 Å². The number of amides is 7. The van der Waals surface area contributed by atoms with E-state index in [1.165, 1.54) is 36.4 Å². The van der Waals surface area contributed by atoms with Gasteiger partial charge in [0, 0.05) is 5.69 Å². The van der Waals surface area contributed by atoms with Gasteiger partial charge in [-0.05, 0) is 36.4 Å². The van der Waals surface area contributed by atoms with Gasteiger partial charge in [-0.25, -0.2) is 19.9 Å². The highest BCUT2D eigenvalue weighted by Gasteiger charge is 2.45. The highest BCUT2D eigenvalue weighted by atomic mass is 16.2. The van der Waals surface area contributed by atoms with Gasteiger partial charge in [-0.2, -0.15) is 5.26 Å². The van der Waals surface area contributed by atoms with Gasteiger partial charge in [-0.15, -0.1) is 0 Å². The van der Waals surface area contributed by atoms with Crippen molar-refractivity contribution in [1.29, 1.82) is 5.26 Å². The quantitative estimate of drug-likeness (QED) is 0.431. The Hall–Kier alpha value is -4.72. The third-order valence-electron chi connectivity index (χ3n) is 4.01. The van der Waals surface area contributed by atoms with E-state index in [1.807, 2.05) is 22.2 Å². The largest absolute Gasteiger partial charge is 0.337 e. The molecule has 7 amide bonds. The lowest BCUT2D eigenvalue weighted by Crippen LogP contribution is -2.63. The van der Waals surface area contributed by atoms with E-state index in [4.69, 9.17) is 5.26 Å². The molecular formula is C19H14N6O5. The molecule has 3 rings (SSSR count). The Morgan fingerprint density at radius 1 is 0.967 bits per heavy atom. The molecule has 1 atom stereocenters. The van der Waals surface area contributed by atoms with Gasteiger partial charge in [-0.3, -0.25) is 25.1 Å². The summed E-state index contributed by atoms with van der Waals surface area (Å²) in [6, 6.07) is 13.8. The predicted octanol–water partition coefficient (Wildman–Crippen LogP) is 0.610. The number of rotatable bonds is 3. The van der Waals surface area contributed by atoms with Crippen LogP contribution in [0.15, 0.2) is 54.6 Å². The van der Waals surface area contributed by atoms with Crippen LogP contribution in [0.25, 0.3) is 0 Å². The van der Waals surface area contributed by atoms with Gasteiger partial charge in [0.15, 0.2) is 5.92 Å². The lowest BCUT2D eigenvalue weighted by Gasteiger charge is -2.29. The smallest absolute Gasteiger partial charge is 0.307 e. The summed E-state index contributed by atoms with van der Waals surface area (Å²) in [5, 5.41) is 13.1. The Morgan fingerprint density at radius 2 is 1.63 bits per heavy atom. The van der Waals surface area contributed by atoms with Crippen LogP contribution >= 0.6 is 0 Å². The van der Waals surface area contributed by atoms with Gasteiger partial charge in [0.25, 0.3) is 11.8 Å². The van der Waals surface area contributed by atoms with Crippen LogP contribution in [-0.2, 0) is 14.4 Å². The second kappa shape index (κ2) is 8.53. The highest BCUT2D eigenvalue weighted by Crippen LogP contribution is 2.20. The number of hydrogen-bond donors (Lipinski definition) is 4. The summed E-state index contributed by atoms with van der Waals surface area (Å²) >= 11 is 0. The number of hydrazine groups is 1. The summed E-state index contributed by atoms with van der Waals surface area (Å²) in [7, 11) is 0. The zero-order chi connectivity index (χ0) is 21.7.